The molecular weight excluding hydrogens is 264 g/mol. The van der Waals surface area contributed by atoms with Gasteiger partial charge in [0.15, 0.2) is 0 Å². The van der Waals surface area contributed by atoms with Crippen LogP contribution in [0.5, 0.6) is 0 Å². The topological polar surface area (TPSA) is 15.3 Å². The van der Waals surface area contributed by atoms with E-state index in [0.29, 0.717) is 6.04 Å². The van der Waals surface area contributed by atoms with Gasteiger partial charge >= 0.3 is 0 Å². The Kier molecular flexibility index (Phi) is 5.03. The number of hydrogen-bond donors (Lipinski definition) is 1. The second-order valence-electron chi connectivity index (χ2n) is 6.00. The van der Waals surface area contributed by atoms with Gasteiger partial charge in [0.1, 0.15) is 0 Å². The molecule has 0 aromatic heterocycles. The number of benzene rings is 1. The lowest BCUT2D eigenvalue weighted by atomic mass is 9.97. The molecule has 0 spiro atoms. The summed E-state index contributed by atoms with van der Waals surface area (Å²) in [5.41, 5.74) is 1.44. The fourth-order valence-corrected chi connectivity index (χ4v) is 4.71. The molecule has 0 amide bonds. The van der Waals surface area contributed by atoms with Crippen molar-refractivity contribution in [1.29, 1.82) is 0 Å². The fourth-order valence-electron chi connectivity index (χ4n) is 3.54. The summed E-state index contributed by atoms with van der Waals surface area (Å²) >= 11 is 2.14. The number of piperazine rings is 1. The van der Waals surface area contributed by atoms with Crippen LogP contribution in [0.15, 0.2) is 30.3 Å². The summed E-state index contributed by atoms with van der Waals surface area (Å²) in [6.45, 7) is 4.64. The van der Waals surface area contributed by atoms with E-state index in [2.05, 4.69) is 59.2 Å². The Morgan fingerprint density at radius 2 is 2.15 bits per heavy atom. The molecule has 2 nitrogen and oxygen atoms in total. The SMILES string of the molecule is CCC1CNC(c2ccccc2)CN1C1CCCSC1. The highest BCUT2D eigenvalue weighted by Crippen LogP contribution is 2.28. The van der Waals surface area contributed by atoms with Gasteiger partial charge in [-0.1, -0.05) is 37.3 Å². The number of thioether (sulfide) groups is 1. The molecule has 0 saturated carbocycles. The first kappa shape index (κ1) is 14.4. The molecule has 2 aliphatic rings. The van der Waals surface area contributed by atoms with E-state index in [9.17, 15) is 0 Å². The molecule has 3 unspecified atom stereocenters. The van der Waals surface area contributed by atoms with Gasteiger partial charge < -0.3 is 5.32 Å². The van der Waals surface area contributed by atoms with Crippen molar-refractivity contribution in [1.82, 2.24) is 10.2 Å². The zero-order valence-electron chi connectivity index (χ0n) is 12.4. The minimum Gasteiger partial charge on any atom is -0.307 e. The van der Waals surface area contributed by atoms with Gasteiger partial charge in [-0.05, 0) is 30.6 Å². The predicted molar refractivity (Wildman–Crippen MR) is 88.3 cm³/mol. The van der Waals surface area contributed by atoms with Gasteiger partial charge in [-0.15, -0.1) is 0 Å². The highest BCUT2D eigenvalue weighted by Gasteiger charge is 2.33. The predicted octanol–water partition coefficient (Wildman–Crippen LogP) is 3.31. The van der Waals surface area contributed by atoms with Crippen LogP contribution in [0.25, 0.3) is 0 Å². The molecule has 3 rings (SSSR count). The van der Waals surface area contributed by atoms with E-state index in [4.69, 9.17) is 0 Å². The number of nitrogens with zero attached hydrogens (tertiary/aromatic N) is 1. The summed E-state index contributed by atoms with van der Waals surface area (Å²) < 4.78 is 0. The smallest absolute Gasteiger partial charge is 0.0450 e. The van der Waals surface area contributed by atoms with Crippen molar-refractivity contribution in [3.8, 4) is 0 Å². The first-order chi connectivity index (χ1) is 9.88. The van der Waals surface area contributed by atoms with Crippen molar-refractivity contribution in [2.45, 2.75) is 44.3 Å². The van der Waals surface area contributed by atoms with Crippen molar-refractivity contribution in [2.24, 2.45) is 0 Å². The molecule has 20 heavy (non-hydrogen) atoms. The number of hydrogen-bond acceptors (Lipinski definition) is 3. The lowest BCUT2D eigenvalue weighted by Crippen LogP contribution is -2.57. The summed E-state index contributed by atoms with van der Waals surface area (Å²) in [5.74, 6) is 2.69. The van der Waals surface area contributed by atoms with Gasteiger partial charge in [0, 0.05) is 37.0 Å². The molecule has 3 atom stereocenters. The molecule has 2 aliphatic heterocycles. The molecule has 0 radical (unpaired) electrons. The summed E-state index contributed by atoms with van der Waals surface area (Å²) in [4.78, 5) is 2.81. The third kappa shape index (κ3) is 3.21. The summed E-state index contributed by atoms with van der Waals surface area (Å²) in [5, 5.41) is 3.76. The minimum atomic E-state index is 0.505. The van der Waals surface area contributed by atoms with Crippen LogP contribution in [0.3, 0.4) is 0 Å². The first-order valence-corrected chi connectivity index (χ1v) is 9.15. The van der Waals surface area contributed by atoms with Gasteiger partial charge in [0.25, 0.3) is 0 Å². The number of nitrogens with one attached hydrogen (secondary N) is 1. The summed E-state index contributed by atoms with van der Waals surface area (Å²) in [6.07, 6.45) is 4.05. The highest BCUT2D eigenvalue weighted by atomic mass is 32.2. The van der Waals surface area contributed by atoms with Crippen LogP contribution in [0.2, 0.25) is 0 Å². The normalized spacial score (nSPS) is 32.1. The Balaban J connectivity index is 1.72. The van der Waals surface area contributed by atoms with Crippen molar-refractivity contribution in [2.75, 3.05) is 24.6 Å². The third-order valence-corrected chi connectivity index (χ3v) is 5.94. The van der Waals surface area contributed by atoms with Gasteiger partial charge in [0.05, 0.1) is 0 Å². The molecule has 3 heteroatoms. The van der Waals surface area contributed by atoms with Gasteiger partial charge in [-0.25, -0.2) is 0 Å². The summed E-state index contributed by atoms with van der Waals surface area (Å²) in [7, 11) is 0. The van der Waals surface area contributed by atoms with Crippen molar-refractivity contribution < 1.29 is 0 Å². The maximum absolute atomic E-state index is 3.76. The van der Waals surface area contributed by atoms with Crippen molar-refractivity contribution in [3.63, 3.8) is 0 Å². The van der Waals surface area contributed by atoms with E-state index in [1.54, 1.807) is 0 Å². The molecule has 1 N–H and O–H groups in total. The van der Waals surface area contributed by atoms with E-state index >= 15 is 0 Å². The Morgan fingerprint density at radius 1 is 1.30 bits per heavy atom. The Morgan fingerprint density at radius 3 is 2.85 bits per heavy atom. The monoisotopic (exact) mass is 290 g/mol. The molecule has 1 aromatic carbocycles. The average molecular weight is 290 g/mol. The largest absolute Gasteiger partial charge is 0.307 e. The van der Waals surface area contributed by atoms with Crippen LogP contribution in [0, 0.1) is 0 Å². The van der Waals surface area contributed by atoms with E-state index in [1.807, 2.05) is 0 Å². The van der Waals surface area contributed by atoms with E-state index in [1.165, 1.54) is 42.9 Å². The van der Waals surface area contributed by atoms with E-state index in [-0.39, 0.29) is 0 Å². The van der Waals surface area contributed by atoms with Crippen molar-refractivity contribution >= 4 is 11.8 Å². The molecule has 0 bridgehead atoms. The quantitative estimate of drug-likeness (QED) is 0.919. The van der Waals surface area contributed by atoms with E-state index in [0.717, 1.165) is 18.6 Å². The molecule has 0 aliphatic carbocycles. The number of rotatable bonds is 3. The molecule has 110 valence electrons. The Hall–Kier alpha value is -0.510. The van der Waals surface area contributed by atoms with Gasteiger partial charge in [-0.2, -0.15) is 11.8 Å². The second-order valence-corrected chi connectivity index (χ2v) is 7.15. The van der Waals surface area contributed by atoms with Crippen LogP contribution < -0.4 is 5.32 Å². The molecule has 2 fully saturated rings. The van der Waals surface area contributed by atoms with Crippen LogP contribution in [0.1, 0.15) is 37.8 Å². The molecule has 2 heterocycles. The zero-order chi connectivity index (χ0) is 13.8. The van der Waals surface area contributed by atoms with E-state index < -0.39 is 0 Å². The lowest BCUT2D eigenvalue weighted by molar-refractivity contribution is 0.0827. The van der Waals surface area contributed by atoms with Crippen LogP contribution in [0.4, 0.5) is 0 Å². The van der Waals surface area contributed by atoms with Gasteiger partial charge in [-0.3, -0.25) is 4.90 Å². The minimum absolute atomic E-state index is 0.505. The first-order valence-electron chi connectivity index (χ1n) is 8.00. The standard InChI is InChI=1S/C17H26N2S/c1-2-15-11-18-17(14-7-4-3-5-8-14)12-19(15)16-9-6-10-20-13-16/h3-5,7-8,15-18H,2,6,9-13H2,1H3. The Labute approximate surface area is 127 Å². The average Bonchev–Trinajstić information content (AvgIpc) is 2.56. The summed E-state index contributed by atoms with van der Waals surface area (Å²) in [6, 6.07) is 13.0. The molecule has 2 saturated heterocycles. The maximum Gasteiger partial charge on any atom is 0.0450 e. The maximum atomic E-state index is 3.76. The van der Waals surface area contributed by atoms with Crippen LogP contribution in [-0.4, -0.2) is 41.6 Å². The molecule has 1 aromatic rings. The van der Waals surface area contributed by atoms with Gasteiger partial charge in [0.2, 0.25) is 0 Å². The van der Waals surface area contributed by atoms with Crippen LogP contribution in [-0.2, 0) is 0 Å². The Bertz CT molecular complexity index is 403. The third-order valence-electron chi connectivity index (χ3n) is 4.74. The second kappa shape index (κ2) is 6.97. The zero-order valence-corrected chi connectivity index (χ0v) is 13.2. The van der Waals surface area contributed by atoms with Crippen LogP contribution >= 0.6 is 11.8 Å². The lowest BCUT2D eigenvalue weighted by Gasteiger charge is -2.45. The highest BCUT2D eigenvalue weighted by molar-refractivity contribution is 7.99. The molecular formula is C17H26N2S. The van der Waals surface area contributed by atoms with Crippen molar-refractivity contribution in [3.05, 3.63) is 35.9 Å². The fraction of sp³-hybridized carbons (Fsp3) is 0.647.